The van der Waals surface area contributed by atoms with Crippen LogP contribution in [-0.4, -0.2) is 76.6 Å². The predicted octanol–water partition coefficient (Wildman–Crippen LogP) is 6.43. The summed E-state index contributed by atoms with van der Waals surface area (Å²) < 4.78 is 50.1. The number of nitrogens with zero attached hydrogens (tertiary/aromatic N) is 2. The maximum Gasteiger partial charge on any atom is 0.410 e. The fourth-order valence-electron chi connectivity index (χ4n) is 5.57. The molecule has 2 amide bonds. The molecule has 0 unspecified atom stereocenters. The highest BCUT2D eigenvalue weighted by Gasteiger charge is 2.50. The van der Waals surface area contributed by atoms with Crippen LogP contribution in [0.2, 0.25) is 0 Å². The first-order valence-electron chi connectivity index (χ1n) is 13.6. The third kappa shape index (κ3) is 6.77. The molecule has 2 aromatic carbocycles. The summed E-state index contributed by atoms with van der Waals surface area (Å²) in [4.78, 5) is 41.0. The van der Waals surface area contributed by atoms with Crippen LogP contribution in [0.15, 0.2) is 48.5 Å². The number of carboxylic acid groups (broad SMARTS) is 1. The van der Waals surface area contributed by atoms with Crippen LogP contribution in [-0.2, 0) is 14.3 Å². The van der Waals surface area contributed by atoms with Crippen molar-refractivity contribution in [3.05, 3.63) is 59.7 Å². The molecule has 11 heteroatoms. The van der Waals surface area contributed by atoms with Gasteiger partial charge in [-0.05, 0) is 62.3 Å². The fraction of sp³-hybridized carbons (Fsp3) is 0.500. The Balaban J connectivity index is 1.55. The minimum absolute atomic E-state index is 0.0480. The predicted molar refractivity (Wildman–Crippen MR) is 144 cm³/mol. The van der Waals surface area contributed by atoms with Gasteiger partial charge in [0.15, 0.2) is 0 Å². The van der Waals surface area contributed by atoms with Gasteiger partial charge in [0.2, 0.25) is 0 Å². The molecule has 1 fully saturated rings. The minimum atomic E-state index is -4.47. The van der Waals surface area contributed by atoms with Gasteiger partial charge in [-0.2, -0.15) is 13.2 Å². The third-order valence-electron chi connectivity index (χ3n) is 7.56. The van der Waals surface area contributed by atoms with Crippen LogP contribution < -0.4 is 0 Å². The molecule has 1 heterocycles. The van der Waals surface area contributed by atoms with E-state index in [1.54, 1.807) is 20.8 Å². The van der Waals surface area contributed by atoms with Crippen molar-refractivity contribution in [1.82, 2.24) is 9.80 Å². The molecule has 1 saturated heterocycles. The topological polar surface area (TPSA) is 96.4 Å². The molecule has 0 spiro atoms. The number of piperidine rings is 1. The normalized spacial score (nSPS) is 16.5. The van der Waals surface area contributed by atoms with E-state index in [1.165, 1.54) is 4.90 Å². The second kappa shape index (κ2) is 11.6. The third-order valence-corrected chi connectivity index (χ3v) is 7.56. The standard InChI is InChI=1S/C30H35F3N2O6/c1-28(2,3)41-26(38)34-17-14-29(15-18-34,25(36)37)35(16-8-13-30(31,32)33)27(39)40-19-24-22-11-6-4-9-20(22)21-10-5-7-12-23(21)24/h4-7,9-12,24H,8,13-19H2,1-3H3,(H,36,37). The van der Waals surface area contributed by atoms with Gasteiger partial charge >= 0.3 is 24.3 Å². The van der Waals surface area contributed by atoms with Crippen LogP contribution >= 0.6 is 0 Å². The number of rotatable bonds is 7. The van der Waals surface area contributed by atoms with E-state index in [9.17, 15) is 32.7 Å². The lowest BCUT2D eigenvalue weighted by Gasteiger charge is -2.45. The van der Waals surface area contributed by atoms with Crippen molar-refractivity contribution in [3.63, 3.8) is 0 Å². The minimum Gasteiger partial charge on any atom is -0.479 e. The summed E-state index contributed by atoms with van der Waals surface area (Å²) in [7, 11) is 0. The SMILES string of the molecule is CC(C)(C)OC(=O)N1CCC(C(=O)O)(N(CCCC(F)(F)F)C(=O)OCC2c3ccccc3-c3ccccc32)CC1. The van der Waals surface area contributed by atoms with E-state index < -0.39 is 54.9 Å². The van der Waals surface area contributed by atoms with Gasteiger partial charge in [0.25, 0.3) is 0 Å². The van der Waals surface area contributed by atoms with E-state index in [-0.39, 0.29) is 38.5 Å². The fourth-order valence-corrected chi connectivity index (χ4v) is 5.57. The van der Waals surface area contributed by atoms with E-state index >= 15 is 0 Å². The zero-order chi connectivity index (χ0) is 30.0. The summed E-state index contributed by atoms with van der Waals surface area (Å²) in [6.07, 6.45) is -8.12. The van der Waals surface area contributed by atoms with Crippen LogP contribution in [0.25, 0.3) is 11.1 Å². The maximum absolute atomic E-state index is 13.5. The molecule has 1 aliphatic carbocycles. The summed E-state index contributed by atoms with van der Waals surface area (Å²) >= 11 is 0. The molecule has 8 nitrogen and oxygen atoms in total. The summed E-state index contributed by atoms with van der Waals surface area (Å²) in [5, 5.41) is 10.3. The molecular formula is C30H35F3N2O6. The van der Waals surface area contributed by atoms with Gasteiger partial charge in [-0.15, -0.1) is 0 Å². The number of fused-ring (bicyclic) bond motifs is 3. The Morgan fingerprint density at radius 2 is 1.51 bits per heavy atom. The number of alkyl halides is 3. The molecule has 2 aliphatic rings. The number of aliphatic carboxylic acids is 1. The van der Waals surface area contributed by atoms with Crippen molar-refractivity contribution < 1.29 is 42.1 Å². The van der Waals surface area contributed by atoms with E-state index in [0.29, 0.717) is 0 Å². The summed E-state index contributed by atoms with van der Waals surface area (Å²) in [5.41, 5.74) is 1.30. The van der Waals surface area contributed by atoms with Crippen molar-refractivity contribution >= 4 is 18.2 Å². The lowest BCUT2D eigenvalue weighted by atomic mass is 9.85. The highest BCUT2D eigenvalue weighted by Crippen LogP contribution is 2.44. The lowest BCUT2D eigenvalue weighted by Crippen LogP contribution is -2.63. The van der Waals surface area contributed by atoms with Crippen molar-refractivity contribution in [1.29, 1.82) is 0 Å². The maximum atomic E-state index is 13.5. The lowest BCUT2D eigenvalue weighted by molar-refractivity contribution is -0.155. The smallest absolute Gasteiger partial charge is 0.410 e. The number of likely N-dealkylation sites (tertiary alicyclic amines) is 1. The first-order valence-corrected chi connectivity index (χ1v) is 13.6. The molecule has 0 radical (unpaired) electrons. The number of carbonyl (C=O) groups is 3. The van der Waals surface area contributed by atoms with Gasteiger partial charge in [0.1, 0.15) is 17.7 Å². The van der Waals surface area contributed by atoms with Crippen LogP contribution in [0.1, 0.15) is 63.5 Å². The molecular weight excluding hydrogens is 541 g/mol. The Morgan fingerprint density at radius 1 is 0.976 bits per heavy atom. The van der Waals surface area contributed by atoms with Crippen molar-refractivity contribution in [2.45, 2.75) is 69.7 Å². The molecule has 0 atom stereocenters. The van der Waals surface area contributed by atoms with Crippen molar-refractivity contribution in [2.75, 3.05) is 26.2 Å². The summed E-state index contributed by atoms with van der Waals surface area (Å²) in [6.45, 7) is 4.44. The van der Waals surface area contributed by atoms with E-state index in [0.717, 1.165) is 27.2 Å². The number of hydrogen-bond donors (Lipinski definition) is 1. The Bertz CT molecular complexity index is 1240. The number of amides is 2. The van der Waals surface area contributed by atoms with Crippen LogP contribution in [0, 0.1) is 0 Å². The molecule has 0 aromatic heterocycles. The first-order chi connectivity index (χ1) is 19.2. The number of benzene rings is 2. The van der Waals surface area contributed by atoms with Gasteiger partial charge in [0, 0.05) is 32.0 Å². The van der Waals surface area contributed by atoms with Crippen molar-refractivity contribution in [2.24, 2.45) is 0 Å². The molecule has 222 valence electrons. The Kier molecular flexibility index (Phi) is 8.56. The number of carboxylic acids is 1. The van der Waals surface area contributed by atoms with Gasteiger partial charge < -0.3 is 19.5 Å². The van der Waals surface area contributed by atoms with Crippen molar-refractivity contribution in [3.8, 4) is 11.1 Å². The Morgan fingerprint density at radius 3 is 2.00 bits per heavy atom. The van der Waals surface area contributed by atoms with Gasteiger partial charge in [-0.25, -0.2) is 14.4 Å². The average Bonchev–Trinajstić information content (AvgIpc) is 3.22. The number of carbonyl (C=O) groups excluding carboxylic acids is 2. The van der Waals surface area contributed by atoms with Gasteiger partial charge in [0.05, 0.1) is 0 Å². The largest absolute Gasteiger partial charge is 0.479 e. The van der Waals surface area contributed by atoms with E-state index in [2.05, 4.69) is 0 Å². The zero-order valence-electron chi connectivity index (χ0n) is 23.4. The first kappa shape index (κ1) is 30.2. The van der Waals surface area contributed by atoms with Crippen LogP contribution in [0.4, 0.5) is 22.8 Å². The number of hydrogen-bond acceptors (Lipinski definition) is 5. The Labute approximate surface area is 237 Å². The number of halogens is 3. The molecule has 0 saturated carbocycles. The Hall–Kier alpha value is -3.76. The molecule has 41 heavy (non-hydrogen) atoms. The second-order valence-corrected chi connectivity index (χ2v) is 11.5. The second-order valence-electron chi connectivity index (χ2n) is 11.5. The van der Waals surface area contributed by atoms with Gasteiger partial charge in [-0.1, -0.05) is 48.5 Å². The molecule has 0 bridgehead atoms. The molecule has 2 aromatic rings. The quantitative estimate of drug-likeness (QED) is 0.408. The van der Waals surface area contributed by atoms with E-state index in [4.69, 9.17) is 9.47 Å². The van der Waals surface area contributed by atoms with Gasteiger partial charge in [-0.3, -0.25) is 4.90 Å². The molecule has 1 aliphatic heterocycles. The summed E-state index contributed by atoms with van der Waals surface area (Å²) in [5.74, 6) is -1.67. The molecule has 4 rings (SSSR count). The monoisotopic (exact) mass is 576 g/mol. The molecule has 1 N–H and O–H groups in total. The highest BCUT2D eigenvalue weighted by atomic mass is 19.4. The van der Waals surface area contributed by atoms with Crippen LogP contribution in [0.3, 0.4) is 0 Å². The van der Waals surface area contributed by atoms with E-state index in [1.807, 2.05) is 48.5 Å². The van der Waals surface area contributed by atoms with Crippen LogP contribution in [0.5, 0.6) is 0 Å². The summed E-state index contributed by atoms with van der Waals surface area (Å²) in [6, 6.07) is 15.4. The highest BCUT2D eigenvalue weighted by molar-refractivity contribution is 5.85. The number of ether oxygens (including phenoxy) is 2. The average molecular weight is 577 g/mol. The zero-order valence-corrected chi connectivity index (χ0v) is 23.4.